The van der Waals surface area contributed by atoms with Gasteiger partial charge in [-0.3, -0.25) is 9.69 Å². The summed E-state index contributed by atoms with van der Waals surface area (Å²) in [6.07, 6.45) is 5.36. The molecule has 0 amide bonds. The van der Waals surface area contributed by atoms with Crippen LogP contribution in [-0.2, 0) is 25.9 Å². The van der Waals surface area contributed by atoms with E-state index in [1.54, 1.807) is 10.7 Å². The number of aromatic nitrogens is 3. The molecular formula is C17H22N4O2. The molecule has 1 unspecified atom stereocenters. The highest BCUT2D eigenvalue weighted by Gasteiger charge is 2.27. The Labute approximate surface area is 135 Å². The van der Waals surface area contributed by atoms with Crippen LogP contribution in [0.1, 0.15) is 42.0 Å². The van der Waals surface area contributed by atoms with Gasteiger partial charge in [0, 0.05) is 18.2 Å². The summed E-state index contributed by atoms with van der Waals surface area (Å²) in [5.74, 6) is 0.892. The Morgan fingerprint density at radius 2 is 2.22 bits per heavy atom. The first kappa shape index (κ1) is 14.6. The molecule has 0 N–H and O–H groups in total. The Bertz CT molecular complexity index is 764. The summed E-state index contributed by atoms with van der Waals surface area (Å²) in [4.78, 5) is 14.7. The Kier molecular flexibility index (Phi) is 3.77. The summed E-state index contributed by atoms with van der Waals surface area (Å²) in [6.45, 7) is 4.39. The first-order valence-corrected chi connectivity index (χ1v) is 8.45. The van der Waals surface area contributed by atoms with E-state index in [1.165, 1.54) is 0 Å². The maximum atomic E-state index is 12.3. The summed E-state index contributed by atoms with van der Waals surface area (Å²) in [6, 6.07) is 4.11. The van der Waals surface area contributed by atoms with E-state index >= 15 is 0 Å². The summed E-state index contributed by atoms with van der Waals surface area (Å²) >= 11 is 0. The number of hydrogen-bond acceptors (Lipinski definition) is 5. The third-order valence-corrected chi connectivity index (χ3v) is 4.94. The lowest BCUT2D eigenvalue weighted by Gasteiger charge is -2.23. The third kappa shape index (κ3) is 2.95. The van der Waals surface area contributed by atoms with Crippen molar-refractivity contribution in [1.29, 1.82) is 0 Å². The van der Waals surface area contributed by atoms with Gasteiger partial charge in [-0.2, -0.15) is 5.10 Å². The van der Waals surface area contributed by atoms with E-state index in [-0.39, 0.29) is 5.56 Å². The molecule has 2 aromatic rings. The van der Waals surface area contributed by atoms with E-state index < -0.39 is 0 Å². The molecule has 0 aromatic carbocycles. The van der Waals surface area contributed by atoms with Gasteiger partial charge in [0.15, 0.2) is 5.76 Å². The second-order valence-electron chi connectivity index (χ2n) is 6.69. The lowest BCUT2D eigenvalue weighted by Crippen LogP contribution is -2.37. The van der Waals surface area contributed by atoms with Crippen molar-refractivity contribution in [3.8, 4) is 0 Å². The van der Waals surface area contributed by atoms with Crippen LogP contribution < -0.4 is 5.56 Å². The number of rotatable bonds is 4. The van der Waals surface area contributed by atoms with Crippen LogP contribution in [0.25, 0.3) is 0 Å². The number of hydrogen-bond donors (Lipinski definition) is 0. The summed E-state index contributed by atoms with van der Waals surface area (Å²) in [5, 5.41) is 8.56. The van der Waals surface area contributed by atoms with E-state index in [2.05, 4.69) is 15.2 Å². The standard InChI is InChI=1S/C17H22N4O2/c1-12-8-15(23-19-12)11-20-7-3-5-14(20)10-21-17(22)9-13-4-2-6-16(13)18-21/h8-9,14H,2-7,10-11H2,1H3. The fraction of sp³-hybridized carbons (Fsp3) is 0.588. The van der Waals surface area contributed by atoms with Gasteiger partial charge in [0.25, 0.3) is 5.56 Å². The quantitative estimate of drug-likeness (QED) is 0.859. The first-order chi connectivity index (χ1) is 11.2. The van der Waals surface area contributed by atoms with E-state index in [0.717, 1.165) is 67.9 Å². The molecule has 4 rings (SSSR count). The summed E-state index contributed by atoms with van der Waals surface area (Å²) in [7, 11) is 0. The molecule has 0 spiro atoms. The molecule has 0 saturated carbocycles. The molecule has 0 radical (unpaired) electrons. The minimum Gasteiger partial charge on any atom is -0.360 e. The molecule has 3 heterocycles. The smallest absolute Gasteiger partial charge is 0.267 e. The minimum absolute atomic E-state index is 0.0352. The summed E-state index contributed by atoms with van der Waals surface area (Å²) < 4.78 is 7.00. The molecule has 0 bridgehead atoms. The highest BCUT2D eigenvalue weighted by molar-refractivity contribution is 5.22. The summed E-state index contributed by atoms with van der Waals surface area (Å²) in [5.41, 5.74) is 3.20. The topological polar surface area (TPSA) is 64.2 Å². The fourth-order valence-electron chi connectivity index (χ4n) is 3.77. The molecule has 6 nitrogen and oxygen atoms in total. The Hall–Kier alpha value is -1.95. The van der Waals surface area contributed by atoms with Crippen molar-refractivity contribution in [1.82, 2.24) is 19.8 Å². The van der Waals surface area contributed by atoms with E-state index in [1.807, 2.05) is 13.0 Å². The van der Waals surface area contributed by atoms with Gasteiger partial charge < -0.3 is 4.52 Å². The van der Waals surface area contributed by atoms with Gasteiger partial charge in [0.05, 0.1) is 24.5 Å². The molecule has 6 heteroatoms. The fourth-order valence-corrected chi connectivity index (χ4v) is 3.77. The van der Waals surface area contributed by atoms with E-state index in [0.29, 0.717) is 12.6 Å². The van der Waals surface area contributed by atoms with Gasteiger partial charge in [-0.1, -0.05) is 5.16 Å². The molecule has 1 aliphatic carbocycles. The molecular weight excluding hydrogens is 292 g/mol. The number of aryl methyl sites for hydroxylation is 3. The van der Waals surface area contributed by atoms with Crippen LogP contribution in [-0.4, -0.2) is 32.4 Å². The lowest BCUT2D eigenvalue weighted by molar-refractivity contribution is 0.193. The highest BCUT2D eigenvalue weighted by Crippen LogP contribution is 2.22. The van der Waals surface area contributed by atoms with Gasteiger partial charge in [0.1, 0.15) is 0 Å². The Morgan fingerprint density at radius 1 is 1.30 bits per heavy atom. The zero-order chi connectivity index (χ0) is 15.8. The lowest BCUT2D eigenvalue weighted by atomic mass is 10.2. The van der Waals surface area contributed by atoms with Crippen molar-refractivity contribution in [2.75, 3.05) is 6.54 Å². The molecule has 2 aromatic heterocycles. The molecule has 1 aliphatic heterocycles. The van der Waals surface area contributed by atoms with Gasteiger partial charge in [-0.05, 0) is 51.1 Å². The van der Waals surface area contributed by atoms with Gasteiger partial charge in [-0.25, -0.2) is 4.68 Å². The van der Waals surface area contributed by atoms with Crippen molar-refractivity contribution in [3.63, 3.8) is 0 Å². The molecule has 122 valence electrons. The monoisotopic (exact) mass is 314 g/mol. The van der Waals surface area contributed by atoms with Crippen LogP contribution in [0.5, 0.6) is 0 Å². The predicted molar refractivity (Wildman–Crippen MR) is 85.2 cm³/mol. The largest absolute Gasteiger partial charge is 0.360 e. The SMILES string of the molecule is Cc1cc(CN2CCCC2Cn2nc3c(cc2=O)CCC3)on1. The van der Waals surface area contributed by atoms with Crippen molar-refractivity contribution in [2.24, 2.45) is 0 Å². The average molecular weight is 314 g/mol. The maximum absolute atomic E-state index is 12.3. The third-order valence-electron chi connectivity index (χ3n) is 4.94. The van der Waals surface area contributed by atoms with Crippen LogP contribution in [0.3, 0.4) is 0 Å². The molecule has 1 fully saturated rings. The van der Waals surface area contributed by atoms with Crippen molar-refractivity contribution in [2.45, 2.75) is 58.2 Å². The molecule has 1 saturated heterocycles. The number of nitrogens with zero attached hydrogens (tertiary/aromatic N) is 4. The molecule has 1 atom stereocenters. The van der Waals surface area contributed by atoms with Gasteiger partial charge >= 0.3 is 0 Å². The van der Waals surface area contributed by atoms with Crippen LogP contribution in [0.15, 0.2) is 21.5 Å². The zero-order valence-corrected chi connectivity index (χ0v) is 13.5. The molecule has 23 heavy (non-hydrogen) atoms. The van der Waals surface area contributed by atoms with Gasteiger partial charge in [-0.15, -0.1) is 0 Å². The normalized spacial score (nSPS) is 21.0. The zero-order valence-electron chi connectivity index (χ0n) is 13.5. The van der Waals surface area contributed by atoms with E-state index in [4.69, 9.17) is 4.52 Å². The van der Waals surface area contributed by atoms with Crippen LogP contribution >= 0.6 is 0 Å². The highest BCUT2D eigenvalue weighted by atomic mass is 16.5. The van der Waals surface area contributed by atoms with Crippen LogP contribution in [0.2, 0.25) is 0 Å². The van der Waals surface area contributed by atoms with Crippen LogP contribution in [0, 0.1) is 6.92 Å². The van der Waals surface area contributed by atoms with E-state index in [9.17, 15) is 4.79 Å². The minimum atomic E-state index is 0.0352. The molecule has 2 aliphatic rings. The van der Waals surface area contributed by atoms with Crippen LogP contribution in [0.4, 0.5) is 0 Å². The number of likely N-dealkylation sites (tertiary alicyclic amines) is 1. The maximum Gasteiger partial charge on any atom is 0.267 e. The van der Waals surface area contributed by atoms with Crippen molar-refractivity contribution in [3.05, 3.63) is 45.2 Å². The van der Waals surface area contributed by atoms with Crippen molar-refractivity contribution < 1.29 is 4.52 Å². The average Bonchev–Trinajstić information content (AvgIpc) is 3.23. The van der Waals surface area contributed by atoms with Gasteiger partial charge in [0.2, 0.25) is 0 Å². The predicted octanol–water partition coefficient (Wildman–Crippen LogP) is 1.69. The second-order valence-corrected chi connectivity index (χ2v) is 6.69. The first-order valence-electron chi connectivity index (χ1n) is 8.45. The number of fused-ring (bicyclic) bond motifs is 1. The Morgan fingerprint density at radius 3 is 3.04 bits per heavy atom. The Balaban J connectivity index is 1.50. The second kappa shape index (κ2) is 5.92. The van der Waals surface area contributed by atoms with Crippen molar-refractivity contribution >= 4 is 0 Å².